The van der Waals surface area contributed by atoms with E-state index in [-0.39, 0.29) is 24.1 Å². The van der Waals surface area contributed by atoms with Crippen LogP contribution in [0.4, 0.5) is 4.39 Å². The van der Waals surface area contributed by atoms with Crippen LogP contribution in [0.15, 0.2) is 24.3 Å². The van der Waals surface area contributed by atoms with E-state index < -0.39 is 12.1 Å². The van der Waals surface area contributed by atoms with Crippen LogP contribution in [-0.2, 0) is 20.7 Å². The first kappa shape index (κ1) is 17.4. The van der Waals surface area contributed by atoms with Gasteiger partial charge in [-0.3, -0.25) is 9.59 Å². The smallest absolute Gasteiger partial charge is 0.306 e. The summed E-state index contributed by atoms with van der Waals surface area (Å²) in [6.07, 6.45) is 0.500. The first-order valence-corrected chi connectivity index (χ1v) is 7.83. The average Bonchev–Trinajstić information content (AvgIpc) is 2.52. The number of carbonyl (C=O) groups excluding carboxylic acids is 1. The van der Waals surface area contributed by atoms with Crippen LogP contribution in [0.1, 0.15) is 25.3 Å². The van der Waals surface area contributed by atoms with Crippen LogP contribution in [-0.4, -0.2) is 47.7 Å². The van der Waals surface area contributed by atoms with Gasteiger partial charge in [-0.15, -0.1) is 0 Å². The van der Waals surface area contributed by atoms with Gasteiger partial charge in [0, 0.05) is 19.0 Å². The maximum Gasteiger partial charge on any atom is 0.306 e. The first-order chi connectivity index (χ1) is 11.0. The van der Waals surface area contributed by atoms with Gasteiger partial charge >= 0.3 is 5.97 Å². The van der Waals surface area contributed by atoms with Gasteiger partial charge in [0.15, 0.2) is 0 Å². The first-order valence-electron chi connectivity index (χ1n) is 7.83. The van der Waals surface area contributed by atoms with Gasteiger partial charge in [-0.25, -0.2) is 4.39 Å². The van der Waals surface area contributed by atoms with Crippen molar-refractivity contribution in [2.24, 2.45) is 5.92 Å². The molecule has 1 N–H and O–H groups in total. The van der Waals surface area contributed by atoms with Crippen molar-refractivity contribution in [3.8, 4) is 0 Å². The normalized spacial score (nSPS) is 19.4. The van der Waals surface area contributed by atoms with Gasteiger partial charge in [0.2, 0.25) is 5.91 Å². The van der Waals surface area contributed by atoms with Crippen LogP contribution < -0.4 is 0 Å². The molecule has 5 nitrogen and oxygen atoms in total. The molecule has 1 saturated heterocycles. The summed E-state index contributed by atoms with van der Waals surface area (Å²) in [4.78, 5) is 24.9. The molecule has 2 rings (SSSR count). The highest BCUT2D eigenvalue weighted by Gasteiger charge is 2.28. The van der Waals surface area contributed by atoms with E-state index in [0.29, 0.717) is 38.1 Å². The maximum atomic E-state index is 13.6. The van der Waals surface area contributed by atoms with Crippen molar-refractivity contribution < 1.29 is 23.8 Å². The number of rotatable bonds is 6. The Labute approximate surface area is 135 Å². The Hall–Kier alpha value is -1.95. The number of aryl methyl sites for hydroxylation is 1. The highest BCUT2D eigenvalue weighted by molar-refractivity contribution is 5.78. The molecule has 0 unspecified atom stereocenters. The molecule has 1 amide bonds. The van der Waals surface area contributed by atoms with Crippen molar-refractivity contribution in [1.29, 1.82) is 0 Å². The number of benzene rings is 1. The SMILES string of the molecule is C[C@H](CCc1ccccc1F)C(=O)N1CCO[C@@H](CC(=O)O)C1. The summed E-state index contributed by atoms with van der Waals surface area (Å²) in [5.74, 6) is -1.45. The molecule has 2 atom stereocenters. The number of ether oxygens (including phenoxy) is 1. The quantitative estimate of drug-likeness (QED) is 0.870. The minimum atomic E-state index is -0.933. The molecule has 0 aromatic heterocycles. The number of carboxylic acid groups (broad SMARTS) is 1. The molecule has 0 aliphatic carbocycles. The second-order valence-electron chi connectivity index (χ2n) is 5.91. The highest BCUT2D eigenvalue weighted by Crippen LogP contribution is 2.17. The molecule has 1 aliphatic heterocycles. The third-order valence-electron chi connectivity index (χ3n) is 4.08. The monoisotopic (exact) mass is 323 g/mol. The van der Waals surface area contributed by atoms with Crippen LogP contribution in [0.3, 0.4) is 0 Å². The lowest BCUT2D eigenvalue weighted by Crippen LogP contribution is -2.48. The van der Waals surface area contributed by atoms with Crippen molar-refractivity contribution in [3.05, 3.63) is 35.6 Å². The fourth-order valence-corrected chi connectivity index (χ4v) is 2.75. The number of hydrogen-bond acceptors (Lipinski definition) is 3. The summed E-state index contributed by atoms with van der Waals surface area (Å²) in [7, 11) is 0. The zero-order chi connectivity index (χ0) is 16.8. The Morgan fingerprint density at radius 1 is 1.43 bits per heavy atom. The van der Waals surface area contributed by atoms with E-state index in [1.54, 1.807) is 23.1 Å². The molecule has 6 heteroatoms. The molecule has 1 aromatic rings. The zero-order valence-electron chi connectivity index (χ0n) is 13.2. The van der Waals surface area contributed by atoms with Crippen LogP contribution in [0, 0.1) is 11.7 Å². The van der Waals surface area contributed by atoms with Crippen LogP contribution in [0.5, 0.6) is 0 Å². The summed E-state index contributed by atoms with van der Waals surface area (Å²) < 4.78 is 19.0. The molecule has 126 valence electrons. The fourth-order valence-electron chi connectivity index (χ4n) is 2.75. The van der Waals surface area contributed by atoms with E-state index in [1.165, 1.54) is 6.07 Å². The van der Waals surface area contributed by atoms with Gasteiger partial charge in [0.25, 0.3) is 0 Å². The maximum absolute atomic E-state index is 13.6. The van der Waals surface area contributed by atoms with Crippen LogP contribution in [0.2, 0.25) is 0 Å². The number of aliphatic carboxylic acids is 1. The second-order valence-corrected chi connectivity index (χ2v) is 5.91. The summed E-state index contributed by atoms with van der Waals surface area (Å²) >= 11 is 0. The number of hydrogen-bond donors (Lipinski definition) is 1. The topological polar surface area (TPSA) is 66.8 Å². The Bertz CT molecular complexity index is 563. The minimum absolute atomic E-state index is 0.0278. The Morgan fingerprint density at radius 2 is 2.17 bits per heavy atom. The Kier molecular flexibility index (Phi) is 6.10. The van der Waals surface area contributed by atoms with Gasteiger partial charge in [-0.1, -0.05) is 25.1 Å². The highest BCUT2D eigenvalue weighted by atomic mass is 19.1. The molecule has 1 aliphatic rings. The van der Waals surface area contributed by atoms with E-state index in [0.717, 1.165) is 0 Å². The third kappa shape index (κ3) is 5.03. The minimum Gasteiger partial charge on any atom is -0.481 e. The lowest BCUT2D eigenvalue weighted by Gasteiger charge is -2.34. The van der Waals surface area contributed by atoms with E-state index in [4.69, 9.17) is 9.84 Å². The molecule has 0 radical (unpaired) electrons. The molecule has 1 heterocycles. The summed E-state index contributed by atoms with van der Waals surface area (Å²) in [6.45, 7) is 2.95. The molecule has 0 saturated carbocycles. The molecular weight excluding hydrogens is 301 g/mol. The number of amides is 1. The predicted molar refractivity (Wildman–Crippen MR) is 82.5 cm³/mol. The summed E-state index contributed by atoms with van der Waals surface area (Å²) in [5.41, 5.74) is 0.609. The van der Waals surface area contributed by atoms with Gasteiger partial charge in [-0.2, -0.15) is 0 Å². The Balaban J connectivity index is 1.86. The number of morpholine rings is 1. The van der Waals surface area contributed by atoms with Crippen molar-refractivity contribution in [1.82, 2.24) is 4.90 Å². The lowest BCUT2D eigenvalue weighted by atomic mass is 9.99. The average molecular weight is 323 g/mol. The zero-order valence-corrected chi connectivity index (χ0v) is 13.2. The molecule has 23 heavy (non-hydrogen) atoms. The van der Waals surface area contributed by atoms with Gasteiger partial charge in [0.05, 0.1) is 19.1 Å². The van der Waals surface area contributed by atoms with Crippen LogP contribution in [0.25, 0.3) is 0 Å². The molecular formula is C17H22FNO4. The van der Waals surface area contributed by atoms with E-state index in [9.17, 15) is 14.0 Å². The van der Waals surface area contributed by atoms with Gasteiger partial charge < -0.3 is 14.7 Å². The second kappa shape index (κ2) is 8.06. The predicted octanol–water partition coefficient (Wildman–Crippen LogP) is 2.10. The summed E-state index contributed by atoms with van der Waals surface area (Å²) in [5, 5.41) is 8.82. The number of nitrogens with zero attached hydrogens (tertiary/aromatic N) is 1. The molecule has 0 bridgehead atoms. The van der Waals surface area contributed by atoms with E-state index in [2.05, 4.69) is 0 Å². The lowest BCUT2D eigenvalue weighted by molar-refractivity contribution is -0.149. The van der Waals surface area contributed by atoms with Crippen molar-refractivity contribution >= 4 is 11.9 Å². The van der Waals surface area contributed by atoms with Gasteiger partial charge in [0.1, 0.15) is 5.82 Å². The van der Waals surface area contributed by atoms with Crippen molar-refractivity contribution in [2.45, 2.75) is 32.3 Å². The van der Waals surface area contributed by atoms with Crippen LogP contribution >= 0.6 is 0 Å². The molecule has 1 aromatic carbocycles. The number of halogens is 1. The number of carboxylic acids is 1. The summed E-state index contributed by atoms with van der Waals surface area (Å²) in [6, 6.07) is 6.57. The number of carbonyl (C=O) groups is 2. The molecule has 1 fully saturated rings. The van der Waals surface area contributed by atoms with Crippen molar-refractivity contribution in [3.63, 3.8) is 0 Å². The Morgan fingerprint density at radius 3 is 2.87 bits per heavy atom. The molecule has 0 spiro atoms. The largest absolute Gasteiger partial charge is 0.481 e. The van der Waals surface area contributed by atoms with E-state index in [1.807, 2.05) is 6.92 Å². The fraction of sp³-hybridized carbons (Fsp3) is 0.529. The van der Waals surface area contributed by atoms with Crippen molar-refractivity contribution in [2.75, 3.05) is 19.7 Å². The van der Waals surface area contributed by atoms with E-state index >= 15 is 0 Å². The standard InChI is InChI=1S/C17H22FNO4/c1-12(6-7-13-4-2-3-5-15(13)18)17(22)19-8-9-23-14(11-19)10-16(20)21/h2-5,12,14H,6-11H2,1H3,(H,20,21)/t12-,14+/m1/s1. The third-order valence-corrected chi connectivity index (χ3v) is 4.08. The van der Waals surface area contributed by atoms with Gasteiger partial charge in [-0.05, 0) is 24.5 Å².